The Bertz CT molecular complexity index is 1060. The van der Waals surface area contributed by atoms with Crippen LogP contribution in [0, 0.1) is 6.92 Å². The predicted molar refractivity (Wildman–Crippen MR) is 119 cm³/mol. The molecule has 0 saturated carbocycles. The molecule has 0 atom stereocenters. The number of rotatable bonds is 8. The van der Waals surface area contributed by atoms with Gasteiger partial charge in [-0.25, -0.2) is 0 Å². The van der Waals surface area contributed by atoms with Crippen LogP contribution in [0.3, 0.4) is 0 Å². The van der Waals surface area contributed by atoms with E-state index < -0.39 is 0 Å². The Kier molecular flexibility index (Phi) is 6.17. The van der Waals surface area contributed by atoms with Crippen molar-refractivity contribution in [1.29, 1.82) is 0 Å². The molecule has 0 radical (unpaired) electrons. The first kappa shape index (κ1) is 19.5. The molecule has 148 valence electrons. The predicted octanol–water partition coefficient (Wildman–Crippen LogP) is 5.48. The van der Waals surface area contributed by atoms with Gasteiger partial charge in [-0.2, -0.15) is 0 Å². The molecule has 2 aromatic carbocycles. The summed E-state index contributed by atoms with van der Waals surface area (Å²) < 4.78 is 13.5. The third-order valence-electron chi connectivity index (χ3n) is 4.31. The first-order valence-electron chi connectivity index (χ1n) is 9.21. The molecule has 0 spiro atoms. The standard InChI is InChI=1S/C22H21N3O2S2/c1-16-9-11-17(12-10-16)27-13-15-29-22-24-23-21(20-8-5-14-28-20)25(22)18-6-3-4-7-19(18)26-2/h3-12,14H,13,15H2,1-2H3. The van der Waals surface area contributed by atoms with Gasteiger partial charge in [0.1, 0.15) is 11.5 Å². The van der Waals surface area contributed by atoms with Crippen LogP contribution in [0.4, 0.5) is 0 Å². The van der Waals surface area contributed by atoms with Gasteiger partial charge in [0.05, 0.1) is 24.3 Å². The maximum absolute atomic E-state index is 5.85. The molecule has 4 rings (SSSR count). The Morgan fingerprint density at radius 3 is 2.59 bits per heavy atom. The number of benzene rings is 2. The van der Waals surface area contributed by atoms with Crippen molar-refractivity contribution in [3.8, 4) is 27.9 Å². The van der Waals surface area contributed by atoms with Gasteiger partial charge in [-0.3, -0.25) is 4.57 Å². The van der Waals surface area contributed by atoms with Crippen molar-refractivity contribution in [2.45, 2.75) is 12.1 Å². The van der Waals surface area contributed by atoms with E-state index in [1.807, 2.05) is 60.0 Å². The molecule has 0 unspecified atom stereocenters. The van der Waals surface area contributed by atoms with Crippen LogP contribution >= 0.6 is 23.1 Å². The molecular formula is C22H21N3O2S2. The highest BCUT2D eigenvalue weighted by atomic mass is 32.2. The van der Waals surface area contributed by atoms with Gasteiger partial charge in [0.2, 0.25) is 0 Å². The van der Waals surface area contributed by atoms with Crippen molar-refractivity contribution in [2.75, 3.05) is 19.5 Å². The van der Waals surface area contributed by atoms with E-state index >= 15 is 0 Å². The van der Waals surface area contributed by atoms with Crippen LogP contribution in [0.1, 0.15) is 5.56 Å². The molecule has 29 heavy (non-hydrogen) atoms. The summed E-state index contributed by atoms with van der Waals surface area (Å²) in [4.78, 5) is 1.06. The Morgan fingerprint density at radius 1 is 1.00 bits per heavy atom. The van der Waals surface area contributed by atoms with Gasteiger partial charge >= 0.3 is 0 Å². The van der Waals surface area contributed by atoms with E-state index in [2.05, 4.69) is 27.8 Å². The molecule has 5 nitrogen and oxygen atoms in total. The van der Waals surface area contributed by atoms with Gasteiger partial charge in [0.15, 0.2) is 11.0 Å². The van der Waals surface area contributed by atoms with E-state index in [1.165, 1.54) is 5.56 Å². The third-order valence-corrected chi connectivity index (χ3v) is 6.06. The fourth-order valence-electron chi connectivity index (χ4n) is 2.89. The molecule has 0 fully saturated rings. The van der Waals surface area contributed by atoms with Crippen LogP contribution in [-0.4, -0.2) is 34.2 Å². The highest BCUT2D eigenvalue weighted by Crippen LogP contribution is 2.34. The highest BCUT2D eigenvalue weighted by Gasteiger charge is 2.19. The van der Waals surface area contributed by atoms with Crippen molar-refractivity contribution < 1.29 is 9.47 Å². The number of para-hydroxylation sites is 2. The maximum atomic E-state index is 5.85. The van der Waals surface area contributed by atoms with Crippen LogP contribution < -0.4 is 9.47 Å². The number of thioether (sulfide) groups is 1. The number of ether oxygens (including phenoxy) is 2. The van der Waals surface area contributed by atoms with Crippen LogP contribution in [0.5, 0.6) is 11.5 Å². The lowest BCUT2D eigenvalue weighted by Crippen LogP contribution is -2.04. The molecule has 0 aliphatic heterocycles. The second kappa shape index (κ2) is 9.15. The molecule has 0 N–H and O–H groups in total. The average molecular weight is 424 g/mol. The summed E-state index contributed by atoms with van der Waals surface area (Å²) in [6.07, 6.45) is 0. The van der Waals surface area contributed by atoms with E-state index in [1.54, 1.807) is 30.2 Å². The summed E-state index contributed by atoms with van der Waals surface area (Å²) in [6.45, 7) is 2.65. The second-order valence-electron chi connectivity index (χ2n) is 6.30. The minimum atomic E-state index is 0.584. The molecular weight excluding hydrogens is 402 g/mol. The fourth-order valence-corrected chi connectivity index (χ4v) is 4.35. The minimum Gasteiger partial charge on any atom is -0.495 e. The van der Waals surface area contributed by atoms with Crippen LogP contribution in [0.25, 0.3) is 16.4 Å². The second-order valence-corrected chi connectivity index (χ2v) is 8.31. The van der Waals surface area contributed by atoms with Crippen molar-refractivity contribution >= 4 is 23.1 Å². The molecule has 4 aromatic rings. The molecule has 2 aromatic heterocycles. The van der Waals surface area contributed by atoms with Crippen molar-refractivity contribution in [2.24, 2.45) is 0 Å². The van der Waals surface area contributed by atoms with Crippen LogP contribution in [-0.2, 0) is 0 Å². The van der Waals surface area contributed by atoms with Gasteiger partial charge in [0.25, 0.3) is 0 Å². The van der Waals surface area contributed by atoms with E-state index in [9.17, 15) is 0 Å². The topological polar surface area (TPSA) is 49.2 Å². The Hall–Kier alpha value is -2.77. The average Bonchev–Trinajstić information content (AvgIpc) is 3.42. The Balaban J connectivity index is 1.56. The fraction of sp³-hybridized carbons (Fsp3) is 0.182. The van der Waals surface area contributed by atoms with Gasteiger partial charge in [0, 0.05) is 5.75 Å². The van der Waals surface area contributed by atoms with Crippen LogP contribution in [0.2, 0.25) is 0 Å². The third kappa shape index (κ3) is 4.46. The lowest BCUT2D eigenvalue weighted by Gasteiger charge is -2.13. The number of aromatic nitrogens is 3. The lowest BCUT2D eigenvalue weighted by molar-refractivity contribution is 0.344. The quantitative estimate of drug-likeness (QED) is 0.277. The van der Waals surface area contributed by atoms with E-state index in [0.717, 1.165) is 38.8 Å². The summed E-state index contributed by atoms with van der Waals surface area (Å²) in [5.41, 5.74) is 2.14. The normalized spacial score (nSPS) is 10.8. The summed E-state index contributed by atoms with van der Waals surface area (Å²) in [5, 5.41) is 11.8. The summed E-state index contributed by atoms with van der Waals surface area (Å²) in [6, 6.07) is 20.1. The van der Waals surface area contributed by atoms with E-state index in [0.29, 0.717) is 6.61 Å². The summed E-state index contributed by atoms with van der Waals surface area (Å²) in [5.74, 6) is 3.22. The molecule has 7 heteroatoms. The van der Waals surface area contributed by atoms with Crippen molar-refractivity contribution in [1.82, 2.24) is 14.8 Å². The molecule has 0 saturated heterocycles. The lowest BCUT2D eigenvalue weighted by atomic mass is 10.2. The monoisotopic (exact) mass is 423 g/mol. The molecule has 0 amide bonds. The zero-order valence-corrected chi connectivity index (χ0v) is 17.9. The van der Waals surface area contributed by atoms with Gasteiger partial charge < -0.3 is 9.47 Å². The SMILES string of the molecule is COc1ccccc1-n1c(SCCOc2ccc(C)cc2)nnc1-c1cccs1. The summed E-state index contributed by atoms with van der Waals surface area (Å²) >= 11 is 3.26. The summed E-state index contributed by atoms with van der Waals surface area (Å²) in [7, 11) is 1.68. The zero-order chi connectivity index (χ0) is 20.1. The smallest absolute Gasteiger partial charge is 0.196 e. The first-order valence-corrected chi connectivity index (χ1v) is 11.1. The first-order chi connectivity index (χ1) is 14.3. The van der Waals surface area contributed by atoms with Gasteiger partial charge in [-0.1, -0.05) is 47.7 Å². The molecule has 0 aliphatic rings. The largest absolute Gasteiger partial charge is 0.495 e. The van der Waals surface area contributed by atoms with E-state index in [-0.39, 0.29) is 0 Å². The number of thiophene rings is 1. The Labute approximate surface area is 178 Å². The number of aryl methyl sites for hydroxylation is 1. The maximum Gasteiger partial charge on any atom is 0.196 e. The van der Waals surface area contributed by atoms with Gasteiger partial charge in [-0.15, -0.1) is 21.5 Å². The van der Waals surface area contributed by atoms with Crippen molar-refractivity contribution in [3.05, 3.63) is 71.6 Å². The van der Waals surface area contributed by atoms with Crippen molar-refractivity contribution in [3.63, 3.8) is 0 Å². The molecule has 2 heterocycles. The number of methoxy groups -OCH3 is 1. The number of nitrogens with zero attached hydrogens (tertiary/aromatic N) is 3. The number of hydrogen-bond acceptors (Lipinski definition) is 6. The minimum absolute atomic E-state index is 0.584. The highest BCUT2D eigenvalue weighted by molar-refractivity contribution is 7.99. The number of hydrogen-bond donors (Lipinski definition) is 0. The Morgan fingerprint density at radius 2 is 1.83 bits per heavy atom. The van der Waals surface area contributed by atoms with Crippen LogP contribution in [0.15, 0.2) is 71.2 Å². The van der Waals surface area contributed by atoms with Gasteiger partial charge in [-0.05, 0) is 42.6 Å². The van der Waals surface area contributed by atoms with E-state index in [4.69, 9.17) is 9.47 Å². The molecule has 0 bridgehead atoms. The molecule has 0 aliphatic carbocycles. The zero-order valence-electron chi connectivity index (χ0n) is 16.2.